The van der Waals surface area contributed by atoms with E-state index in [0.29, 0.717) is 6.04 Å². The van der Waals surface area contributed by atoms with Gasteiger partial charge in [0.25, 0.3) is 0 Å². The van der Waals surface area contributed by atoms with Gasteiger partial charge >= 0.3 is 0 Å². The van der Waals surface area contributed by atoms with Crippen LogP contribution in [0.15, 0.2) is 0 Å². The molecule has 3 atom stereocenters. The first kappa shape index (κ1) is 15.3. The molecule has 0 bridgehead atoms. The van der Waals surface area contributed by atoms with Crippen LogP contribution in [0.1, 0.15) is 77.6 Å². The topological polar surface area (TPSA) is 29.3 Å². The van der Waals surface area contributed by atoms with Gasteiger partial charge in [-0.3, -0.25) is 4.90 Å². The standard InChI is InChI=1S/C17H34N2/c1-2-3-4-5-11-16(14-18)19-13-8-10-15-9-6-7-12-17(15)19/h15-17H,2-14,18H2,1H3. The highest BCUT2D eigenvalue weighted by atomic mass is 15.2. The van der Waals surface area contributed by atoms with E-state index in [1.165, 1.54) is 77.2 Å². The van der Waals surface area contributed by atoms with Gasteiger partial charge < -0.3 is 5.73 Å². The molecule has 0 radical (unpaired) electrons. The summed E-state index contributed by atoms with van der Waals surface area (Å²) in [5.41, 5.74) is 6.10. The molecule has 1 saturated heterocycles. The number of rotatable bonds is 7. The molecule has 2 fully saturated rings. The molecule has 0 aromatic carbocycles. The van der Waals surface area contributed by atoms with Crippen molar-refractivity contribution in [2.75, 3.05) is 13.1 Å². The maximum atomic E-state index is 6.10. The van der Waals surface area contributed by atoms with Crippen LogP contribution in [-0.4, -0.2) is 30.1 Å². The zero-order chi connectivity index (χ0) is 13.5. The highest BCUT2D eigenvalue weighted by Crippen LogP contribution is 2.36. The molecule has 2 heteroatoms. The summed E-state index contributed by atoms with van der Waals surface area (Å²) in [5, 5.41) is 0. The Bertz CT molecular complexity index is 239. The van der Waals surface area contributed by atoms with Gasteiger partial charge in [-0.2, -0.15) is 0 Å². The largest absolute Gasteiger partial charge is 0.329 e. The molecule has 0 aromatic rings. The number of nitrogens with two attached hydrogens (primary N) is 1. The van der Waals surface area contributed by atoms with Crippen molar-refractivity contribution in [2.45, 2.75) is 89.6 Å². The molecule has 1 heterocycles. The maximum Gasteiger partial charge on any atom is 0.0221 e. The molecule has 1 aliphatic heterocycles. The third kappa shape index (κ3) is 4.19. The fraction of sp³-hybridized carbons (Fsp3) is 1.00. The van der Waals surface area contributed by atoms with Gasteiger partial charge in [0.05, 0.1) is 0 Å². The molecule has 1 aliphatic carbocycles. The predicted molar refractivity (Wildman–Crippen MR) is 83.3 cm³/mol. The van der Waals surface area contributed by atoms with Gasteiger partial charge in [0, 0.05) is 18.6 Å². The van der Waals surface area contributed by atoms with E-state index in [2.05, 4.69) is 11.8 Å². The van der Waals surface area contributed by atoms with Crippen LogP contribution in [-0.2, 0) is 0 Å². The van der Waals surface area contributed by atoms with E-state index in [9.17, 15) is 0 Å². The molecule has 0 spiro atoms. The molecule has 19 heavy (non-hydrogen) atoms. The van der Waals surface area contributed by atoms with Crippen molar-refractivity contribution in [3.8, 4) is 0 Å². The highest BCUT2D eigenvalue weighted by Gasteiger charge is 2.35. The van der Waals surface area contributed by atoms with E-state index < -0.39 is 0 Å². The Morgan fingerprint density at radius 3 is 2.63 bits per heavy atom. The van der Waals surface area contributed by atoms with E-state index in [-0.39, 0.29) is 0 Å². The predicted octanol–water partition coefficient (Wildman–Crippen LogP) is 3.94. The fourth-order valence-corrected chi connectivity index (χ4v) is 4.34. The summed E-state index contributed by atoms with van der Waals surface area (Å²) >= 11 is 0. The summed E-state index contributed by atoms with van der Waals surface area (Å²) in [6.07, 6.45) is 15.6. The van der Waals surface area contributed by atoms with Gasteiger partial charge in [0.2, 0.25) is 0 Å². The Hall–Kier alpha value is -0.0800. The minimum Gasteiger partial charge on any atom is -0.329 e. The van der Waals surface area contributed by atoms with Crippen molar-refractivity contribution in [2.24, 2.45) is 11.7 Å². The maximum absolute atomic E-state index is 6.10. The van der Waals surface area contributed by atoms with E-state index in [4.69, 9.17) is 5.73 Å². The lowest BCUT2D eigenvalue weighted by Gasteiger charge is -2.47. The van der Waals surface area contributed by atoms with Crippen molar-refractivity contribution in [1.29, 1.82) is 0 Å². The molecule has 2 nitrogen and oxygen atoms in total. The Labute approximate surface area is 120 Å². The van der Waals surface area contributed by atoms with E-state index in [1.54, 1.807) is 0 Å². The zero-order valence-electron chi connectivity index (χ0n) is 12.9. The van der Waals surface area contributed by atoms with E-state index in [0.717, 1.165) is 18.5 Å². The molecule has 2 aliphatic rings. The second-order valence-corrected chi connectivity index (χ2v) is 6.73. The quantitative estimate of drug-likeness (QED) is 0.707. The first-order chi connectivity index (χ1) is 9.36. The molecule has 112 valence electrons. The first-order valence-corrected chi connectivity index (χ1v) is 8.82. The van der Waals surface area contributed by atoms with Gasteiger partial charge in [0.1, 0.15) is 0 Å². The van der Waals surface area contributed by atoms with Gasteiger partial charge in [-0.15, -0.1) is 0 Å². The van der Waals surface area contributed by atoms with Gasteiger partial charge in [0.15, 0.2) is 0 Å². The first-order valence-electron chi connectivity index (χ1n) is 8.82. The zero-order valence-corrected chi connectivity index (χ0v) is 12.9. The van der Waals surface area contributed by atoms with Crippen molar-refractivity contribution >= 4 is 0 Å². The van der Waals surface area contributed by atoms with Crippen molar-refractivity contribution in [1.82, 2.24) is 4.90 Å². The lowest BCUT2D eigenvalue weighted by molar-refractivity contribution is 0.0247. The summed E-state index contributed by atoms with van der Waals surface area (Å²) in [7, 11) is 0. The Balaban J connectivity index is 1.85. The SMILES string of the molecule is CCCCCCC(CN)N1CCCC2CCCCC21. The average molecular weight is 266 g/mol. The molecule has 0 aromatic heterocycles. The third-order valence-corrected chi connectivity index (χ3v) is 5.42. The number of unbranched alkanes of at least 4 members (excludes halogenated alkanes) is 3. The summed E-state index contributed by atoms with van der Waals surface area (Å²) < 4.78 is 0. The Morgan fingerprint density at radius 2 is 1.84 bits per heavy atom. The Morgan fingerprint density at radius 1 is 1.05 bits per heavy atom. The average Bonchev–Trinajstić information content (AvgIpc) is 2.47. The van der Waals surface area contributed by atoms with Crippen molar-refractivity contribution in [3.63, 3.8) is 0 Å². The van der Waals surface area contributed by atoms with Crippen LogP contribution in [0.5, 0.6) is 0 Å². The van der Waals surface area contributed by atoms with Gasteiger partial charge in [-0.05, 0) is 44.6 Å². The second-order valence-electron chi connectivity index (χ2n) is 6.73. The van der Waals surface area contributed by atoms with Crippen LogP contribution in [0.25, 0.3) is 0 Å². The summed E-state index contributed by atoms with van der Waals surface area (Å²) in [6.45, 7) is 4.48. The third-order valence-electron chi connectivity index (χ3n) is 5.42. The summed E-state index contributed by atoms with van der Waals surface area (Å²) in [4.78, 5) is 2.82. The molecule has 1 saturated carbocycles. The summed E-state index contributed by atoms with van der Waals surface area (Å²) in [6, 6.07) is 1.55. The van der Waals surface area contributed by atoms with Crippen molar-refractivity contribution < 1.29 is 0 Å². The van der Waals surface area contributed by atoms with E-state index in [1.807, 2.05) is 0 Å². The van der Waals surface area contributed by atoms with Gasteiger partial charge in [-0.1, -0.05) is 45.4 Å². The minimum atomic E-state index is 0.669. The molecule has 0 amide bonds. The van der Waals surface area contributed by atoms with Crippen LogP contribution in [0.2, 0.25) is 0 Å². The lowest BCUT2D eigenvalue weighted by Crippen LogP contribution is -2.53. The molecule has 2 N–H and O–H groups in total. The lowest BCUT2D eigenvalue weighted by atomic mass is 9.77. The number of likely N-dealkylation sites (tertiary alicyclic amines) is 1. The van der Waals surface area contributed by atoms with Crippen LogP contribution >= 0.6 is 0 Å². The Kier molecular flexibility index (Phi) is 6.66. The van der Waals surface area contributed by atoms with Crippen LogP contribution < -0.4 is 5.73 Å². The van der Waals surface area contributed by atoms with Crippen LogP contribution in [0.3, 0.4) is 0 Å². The van der Waals surface area contributed by atoms with Crippen LogP contribution in [0.4, 0.5) is 0 Å². The number of nitrogens with zero attached hydrogens (tertiary/aromatic N) is 1. The van der Waals surface area contributed by atoms with Crippen molar-refractivity contribution in [3.05, 3.63) is 0 Å². The number of piperidine rings is 1. The molecule has 3 unspecified atom stereocenters. The number of fused-ring (bicyclic) bond motifs is 1. The minimum absolute atomic E-state index is 0.669. The molecule has 2 rings (SSSR count). The highest BCUT2D eigenvalue weighted by molar-refractivity contribution is 4.90. The normalized spacial score (nSPS) is 30.0. The van der Waals surface area contributed by atoms with Gasteiger partial charge in [-0.25, -0.2) is 0 Å². The van der Waals surface area contributed by atoms with E-state index >= 15 is 0 Å². The smallest absolute Gasteiger partial charge is 0.0221 e. The monoisotopic (exact) mass is 266 g/mol. The molecular weight excluding hydrogens is 232 g/mol. The van der Waals surface area contributed by atoms with Crippen LogP contribution in [0, 0.1) is 5.92 Å². The number of hydrogen-bond acceptors (Lipinski definition) is 2. The fourth-order valence-electron chi connectivity index (χ4n) is 4.34. The second kappa shape index (κ2) is 8.26. The summed E-state index contributed by atoms with van der Waals surface area (Å²) in [5.74, 6) is 0.993. The molecular formula is C17H34N2. The number of hydrogen-bond donors (Lipinski definition) is 1.